The van der Waals surface area contributed by atoms with Crippen LogP contribution in [0.1, 0.15) is 18.5 Å². The van der Waals surface area contributed by atoms with Crippen molar-refractivity contribution >= 4 is 15.9 Å². The molecule has 2 fully saturated rings. The third-order valence-electron chi connectivity index (χ3n) is 5.46. The molecular weight excluding hydrogens is 421 g/mol. The molecule has 3 heterocycles. The standard InChI is InChI=1S/C17H15BrFN5O3/c18-11-4-10(1-2-12(11)19)24-15(23-26-16(24)25)14-13(21-27-22-14)3-9-5-17(6-9)7-20-8-17/h1-2,4,9,20H,3,5-8H2. The van der Waals surface area contributed by atoms with Gasteiger partial charge in [-0.3, -0.25) is 4.52 Å². The molecule has 8 nitrogen and oxygen atoms in total. The van der Waals surface area contributed by atoms with E-state index in [9.17, 15) is 9.18 Å². The van der Waals surface area contributed by atoms with Crippen LogP contribution in [0.15, 0.2) is 36.6 Å². The van der Waals surface area contributed by atoms with Crippen LogP contribution in [0.3, 0.4) is 0 Å². The predicted octanol–water partition coefficient (Wildman–Crippen LogP) is 2.32. The molecule has 0 amide bonds. The molecule has 140 valence electrons. The third-order valence-corrected chi connectivity index (χ3v) is 6.07. The van der Waals surface area contributed by atoms with Crippen molar-refractivity contribution in [1.82, 2.24) is 25.4 Å². The van der Waals surface area contributed by atoms with Gasteiger partial charge in [-0.05, 0) is 69.9 Å². The minimum Gasteiger partial charge on any atom is -0.316 e. The Balaban J connectivity index is 1.47. The summed E-state index contributed by atoms with van der Waals surface area (Å²) in [6.45, 7) is 2.16. The maximum absolute atomic E-state index is 13.5. The molecule has 0 unspecified atom stereocenters. The summed E-state index contributed by atoms with van der Waals surface area (Å²) in [6, 6.07) is 4.20. The van der Waals surface area contributed by atoms with Gasteiger partial charge in [0.05, 0.1) is 10.2 Å². The van der Waals surface area contributed by atoms with Gasteiger partial charge in [-0.25, -0.2) is 18.4 Å². The first-order valence-electron chi connectivity index (χ1n) is 8.61. The van der Waals surface area contributed by atoms with E-state index in [1.54, 1.807) is 0 Å². The molecule has 1 aliphatic heterocycles. The Morgan fingerprint density at radius 1 is 1.30 bits per heavy atom. The van der Waals surface area contributed by atoms with Crippen LogP contribution in [0.4, 0.5) is 4.39 Å². The summed E-state index contributed by atoms with van der Waals surface area (Å²) < 4.78 is 24.8. The molecule has 1 aliphatic carbocycles. The van der Waals surface area contributed by atoms with Gasteiger partial charge in [0.15, 0.2) is 5.69 Å². The maximum atomic E-state index is 13.5. The topological polar surface area (TPSA) is 99.0 Å². The number of rotatable bonds is 4. The zero-order chi connectivity index (χ0) is 18.6. The molecule has 27 heavy (non-hydrogen) atoms. The first-order valence-corrected chi connectivity index (χ1v) is 9.41. The van der Waals surface area contributed by atoms with Crippen LogP contribution in [0.5, 0.6) is 0 Å². The highest BCUT2D eigenvalue weighted by atomic mass is 79.9. The zero-order valence-corrected chi connectivity index (χ0v) is 15.7. The number of aromatic nitrogens is 4. The summed E-state index contributed by atoms with van der Waals surface area (Å²) >= 11 is 3.12. The second-order valence-corrected chi connectivity index (χ2v) is 8.20. The molecule has 1 spiro atoms. The fourth-order valence-electron chi connectivity index (χ4n) is 4.11. The van der Waals surface area contributed by atoms with Crippen LogP contribution in [0.2, 0.25) is 0 Å². The number of benzene rings is 1. The summed E-state index contributed by atoms with van der Waals surface area (Å²) in [5.41, 5.74) is 1.87. The van der Waals surface area contributed by atoms with Crippen LogP contribution in [0, 0.1) is 17.2 Å². The molecular formula is C17H15BrFN5O3. The summed E-state index contributed by atoms with van der Waals surface area (Å²) in [6.07, 6.45) is 2.99. The van der Waals surface area contributed by atoms with E-state index >= 15 is 0 Å². The lowest BCUT2D eigenvalue weighted by atomic mass is 9.57. The summed E-state index contributed by atoms with van der Waals surface area (Å²) in [7, 11) is 0. The highest BCUT2D eigenvalue weighted by Crippen LogP contribution is 2.49. The smallest absolute Gasteiger partial charge is 0.316 e. The van der Waals surface area contributed by atoms with Gasteiger partial charge in [0.25, 0.3) is 0 Å². The van der Waals surface area contributed by atoms with E-state index in [0.717, 1.165) is 25.9 Å². The predicted molar refractivity (Wildman–Crippen MR) is 94.8 cm³/mol. The van der Waals surface area contributed by atoms with Gasteiger partial charge in [-0.1, -0.05) is 10.3 Å². The second-order valence-electron chi connectivity index (χ2n) is 7.35. The van der Waals surface area contributed by atoms with Crippen LogP contribution in [-0.2, 0) is 6.42 Å². The van der Waals surface area contributed by atoms with Crippen molar-refractivity contribution in [2.75, 3.05) is 13.1 Å². The lowest BCUT2D eigenvalue weighted by molar-refractivity contribution is 0.000233. The molecule has 0 bridgehead atoms. The van der Waals surface area contributed by atoms with Gasteiger partial charge in [-0.2, -0.15) is 0 Å². The van der Waals surface area contributed by atoms with Crippen molar-refractivity contribution in [2.24, 2.45) is 11.3 Å². The van der Waals surface area contributed by atoms with Gasteiger partial charge in [0.2, 0.25) is 5.82 Å². The molecule has 1 aromatic carbocycles. The van der Waals surface area contributed by atoms with Gasteiger partial charge in [0, 0.05) is 13.1 Å². The average Bonchev–Trinajstić information content (AvgIpc) is 3.17. The first kappa shape index (κ1) is 16.8. The van der Waals surface area contributed by atoms with Crippen molar-refractivity contribution < 1.29 is 13.5 Å². The quantitative estimate of drug-likeness (QED) is 0.670. The van der Waals surface area contributed by atoms with Gasteiger partial charge >= 0.3 is 5.76 Å². The van der Waals surface area contributed by atoms with Gasteiger partial charge < -0.3 is 5.32 Å². The molecule has 1 saturated heterocycles. The lowest BCUT2D eigenvalue weighted by Gasteiger charge is -2.54. The van der Waals surface area contributed by atoms with E-state index in [0.29, 0.717) is 34.8 Å². The highest BCUT2D eigenvalue weighted by Gasteiger charge is 2.48. The van der Waals surface area contributed by atoms with E-state index in [2.05, 4.69) is 36.7 Å². The Morgan fingerprint density at radius 3 is 2.81 bits per heavy atom. The Morgan fingerprint density at radius 2 is 2.11 bits per heavy atom. The molecule has 1 saturated carbocycles. The monoisotopic (exact) mass is 435 g/mol. The molecule has 0 radical (unpaired) electrons. The lowest BCUT2D eigenvalue weighted by Crippen LogP contribution is -2.60. The van der Waals surface area contributed by atoms with Crippen molar-refractivity contribution in [2.45, 2.75) is 19.3 Å². The van der Waals surface area contributed by atoms with E-state index in [-0.39, 0.29) is 10.3 Å². The van der Waals surface area contributed by atoms with Crippen LogP contribution >= 0.6 is 15.9 Å². The molecule has 10 heteroatoms. The van der Waals surface area contributed by atoms with Crippen molar-refractivity contribution in [1.29, 1.82) is 0 Å². The number of halogens is 2. The van der Waals surface area contributed by atoms with Crippen molar-refractivity contribution in [3.05, 3.63) is 44.7 Å². The highest BCUT2D eigenvalue weighted by molar-refractivity contribution is 9.10. The van der Waals surface area contributed by atoms with E-state index in [1.165, 1.54) is 22.8 Å². The molecule has 0 atom stereocenters. The Hall–Kier alpha value is -2.33. The fourth-order valence-corrected chi connectivity index (χ4v) is 4.48. The van der Waals surface area contributed by atoms with Crippen LogP contribution < -0.4 is 11.1 Å². The van der Waals surface area contributed by atoms with Crippen molar-refractivity contribution in [3.8, 4) is 17.2 Å². The minimum atomic E-state index is -0.694. The Labute approximate surface area is 160 Å². The van der Waals surface area contributed by atoms with Crippen LogP contribution in [0.25, 0.3) is 17.2 Å². The van der Waals surface area contributed by atoms with Gasteiger partial charge in [0.1, 0.15) is 11.5 Å². The largest absolute Gasteiger partial charge is 0.446 e. The normalized spacial score (nSPS) is 18.4. The van der Waals surface area contributed by atoms with E-state index in [1.807, 2.05) is 0 Å². The first-order chi connectivity index (χ1) is 13.0. The van der Waals surface area contributed by atoms with Crippen LogP contribution in [-0.4, -0.2) is 33.1 Å². The van der Waals surface area contributed by atoms with E-state index < -0.39 is 11.6 Å². The zero-order valence-electron chi connectivity index (χ0n) is 14.1. The number of hydrogen-bond acceptors (Lipinski definition) is 7. The molecule has 2 aliphatic rings. The maximum Gasteiger partial charge on any atom is 0.446 e. The molecule has 3 aromatic rings. The number of nitrogens with one attached hydrogen (secondary N) is 1. The molecule has 5 rings (SSSR count). The number of hydrogen-bond donors (Lipinski definition) is 1. The SMILES string of the molecule is O=c1onc(-c2nonc2CC2CC3(CNC3)C2)n1-c1ccc(F)c(Br)c1. The van der Waals surface area contributed by atoms with Crippen molar-refractivity contribution in [3.63, 3.8) is 0 Å². The average molecular weight is 436 g/mol. The minimum absolute atomic E-state index is 0.189. The molecule has 2 aromatic heterocycles. The van der Waals surface area contributed by atoms with Gasteiger partial charge in [-0.15, -0.1) is 0 Å². The third kappa shape index (κ3) is 2.74. The summed E-state index contributed by atoms with van der Waals surface area (Å²) in [5, 5.41) is 15.1. The summed E-state index contributed by atoms with van der Waals surface area (Å²) in [4.78, 5) is 12.2. The number of nitrogens with zero attached hydrogens (tertiary/aromatic N) is 4. The Kier molecular flexibility index (Phi) is 3.80. The fraction of sp³-hybridized carbons (Fsp3) is 0.412. The second kappa shape index (κ2) is 6.10. The Bertz CT molecular complexity index is 1060. The molecule has 1 N–H and O–H groups in total. The summed E-state index contributed by atoms with van der Waals surface area (Å²) in [5.74, 6) is -0.433. The van der Waals surface area contributed by atoms with E-state index in [4.69, 9.17) is 9.15 Å².